The van der Waals surface area contributed by atoms with Gasteiger partial charge < -0.3 is 10.4 Å². The van der Waals surface area contributed by atoms with E-state index in [0.29, 0.717) is 0 Å². The Morgan fingerprint density at radius 2 is 2.19 bits per heavy atom. The van der Waals surface area contributed by atoms with E-state index in [9.17, 15) is 5.11 Å². The molecule has 0 unspecified atom stereocenters. The molecule has 2 rings (SSSR count). The fraction of sp³-hybridized carbons (Fsp3) is 0.500. The van der Waals surface area contributed by atoms with E-state index in [1.807, 2.05) is 18.2 Å². The Labute approximate surface area is 109 Å². The van der Waals surface area contributed by atoms with Crippen molar-refractivity contribution in [2.24, 2.45) is 0 Å². The van der Waals surface area contributed by atoms with Crippen LogP contribution in [-0.2, 0) is 6.54 Å². The molecule has 2 nitrogen and oxygen atoms in total. The molecule has 16 heavy (non-hydrogen) atoms. The second-order valence-corrected chi connectivity index (χ2v) is 5.67. The maximum absolute atomic E-state index is 9.34. The van der Waals surface area contributed by atoms with Gasteiger partial charge in [0.1, 0.15) is 0 Å². The lowest BCUT2D eigenvalue weighted by molar-refractivity contribution is 0.0871. The van der Waals surface area contributed by atoms with Crippen LogP contribution in [0.4, 0.5) is 0 Å². The maximum atomic E-state index is 9.34. The van der Waals surface area contributed by atoms with E-state index in [4.69, 9.17) is 11.6 Å². The molecule has 1 aliphatic rings. The summed E-state index contributed by atoms with van der Waals surface area (Å²) in [5.74, 6) is 0. The van der Waals surface area contributed by atoms with Gasteiger partial charge in [-0.3, -0.25) is 0 Å². The maximum Gasteiger partial charge on any atom is 0.0613 e. The topological polar surface area (TPSA) is 32.3 Å². The van der Waals surface area contributed by atoms with Crippen molar-refractivity contribution in [1.82, 2.24) is 5.32 Å². The third kappa shape index (κ3) is 2.59. The van der Waals surface area contributed by atoms with Crippen LogP contribution in [0.1, 0.15) is 24.8 Å². The van der Waals surface area contributed by atoms with E-state index in [2.05, 4.69) is 21.2 Å². The first kappa shape index (κ1) is 12.4. The highest BCUT2D eigenvalue weighted by Gasteiger charge is 2.35. The summed E-state index contributed by atoms with van der Waals surface area (Å²) in [6.07, 6.45) is 3.31. The molecule has 1 aliphatic carbocycles. The Hall–Kier alpha value is -0.0900. The van der Waals surface area contributed by atoms with Gasteiger partial charge in [-0.1, -0.05) is 27.5 Å². The van der Waals surface area contributed by atoms with Gasteiger partial charge in [0.25, 0.3) is 0 Å². The molecule has 1 saturated carbocycles. The first-order valence-electron chi connectivity index (χ1n) is 5.45. The normalized spacial score (nSPS) is 18.2. The molecule has 0 amide bonds. The number of hydrogen-bond acceptors (Lipinski definition) is 2. The Bertz CT molecular complexity index is 374. The minimum atomic E-state index is -0.0538. The lowest BCUT2D eigenvalue weighted by Crippen LogP contribution is -2.53. The molecule has 1 aromatic rings. The van der Waals surface area contributed by atoms with Gasteiger partial charge >= 0.3 is 0 Å². The molecule has 88 valence electrons. The van der Waals surface area contributed by atoms with Crippen LogP contribution in [0, 0.1) is 0 Å². The molecule has 0 heterocycles. The van der Waals surface area contributed by atoms with Crippen LogP contribution in [0.25, 0.3) is 0 Å². The summed E-state index contributed by atoms with van der Waals surface area (Å²) < 4.78 is 1.05. The van der Waals surface area contributed by atoms with Gasteiger partial charge in [0, 0.05) is 21.6 Å². The lowest BCUT2D eigenvalue weighted by Gasteiger charge is -2.41. The predicted molar refractivity (Wildman–Crippen MR) is 69.7 cm³/mol. The van der Waals surface area contributed by atoms with Gasteiger partial charge in [-0.15, -0.1) is 0 Å². The third-order valence-electron chi connectivity index (χ3n) is 3.27. The molecule has 4 heteroatoms. The second kappa shape index (κ2) is 5.05. The molecular formula is C12H15BrClNO. The molecule has 0 bridgehead atoms. The second-order valence-electron chi connectivity index (χ2n) is 4.38. The van der Waals surface area contributed by atoms with Crippen LogP contribution in [-0.4, -0.2) is 17.3 Å². The van der Waals surface area contributed by atoms with Crippen LogP contribution in [0.15, 0.2) is 22.7 Å². The molecule has 0 radical (unpaired) electrons. The van der Waals surface area contributed by atoms with Crippen molar-refractivity contribution in [1.29, 1.82) is 0 Å². The van der Waals surface area contributed by atoms with Gasteiger partial charge in [-0.05, 0) is 43.0 Å². The zero-order valence-electron chi connectivity index (χ0n) is 8.97. The highest BCUT2D eigenvalue weighted by molar-refractivity contribution is 9.10. The van der Waals surface area contributed by atoms with E-state index >= 15 is 0 Å². The van der Waals surface area contributed by atoms with Crippen molar-refractivity contribution in [3.63, 3.8) is 0 Å². The largest absolute Gasteiger partial charge is 0.394 e. The van der Waals surface area contributed by atoms with E-state index in [-0.39, 0.29) is 12.1 Å². The molecule has 0 aliphatic heterocycles. The first-order valence-corrected chi connectivity index (χ1v) is 6.62. The van der Waals surface area contributed by atoms with Crippen molar-refractivity contribution in [3.8, 4) is 0 Å². The number of aliphatic hydroxyl groups is 1. The average molecular weight is 305 g/mol. The third-order valence-corrected chi connectivity index (χ3v) is 4.28. The van der Waals surface area contributed by atoms with Gasteiger partial charge in [-0.25, -0.2) is 0 Å². The molecule has 0 saturated heterocycles. The molecule has 0 spiro atoms. The van der Waals surface area contributed by atoms with Crippen LogP contribution in [0.2, 0.25) is 5.02 Å². The van der Waals surface area contributed by atoms with E-state index in [1.54, 1.807) is 0 Å². The lowest BCUT2D eigenvalue weighted by atomic mass is 9.77. The van der Waals surface area contributed by atoms with Crippen molar-refractivity contribution >= 4 is 27.5 Å². The number of aliphatic hydroxyl groups excluding tert-OH is 1. The minimum Gasteiger partial charge on any atom is -0.394 e. The number of benzene rings is 1. The summed E-state index contributed by atoms with van der Waals surface area (Å²) in [5, 5.41) is 13.5. The molecule has 1 fully saturated rings. The van der Waals surface area contributed by atoms with Crippen molar-refractivity contribution in [2.75, 3.05) is 6.61 Å². The quantitative estimate of drug-likeness (QED) is 0.896. The summed E-state index contributed by atoms with van der Waals surface area (Å²) in [6.45, 7) is 0.951. The fourth-order valence-corrected chi connectivity index (χ4v) is 2.54. The van der Waals surface area contributed by atoms with Gasteiger partial charge in [-0.2, -0.15) is 0 Å². The molecule has 0 atom stereocenters. The van der Waals surface area contributed by atoms with Crippen LogP contribution < -0.4 is 5.32 Å². The standard InChI is InChI=1S/C12H15BrClNO/c13-11-3-2-10(14)6-9(11)7-15-12(8-16)4-1-5-12/h2-3,6,15-16H,1,4-5,7-8H2. The summed E-state index contributed by atoms with van der Waals surface area (Å²) in [5.41, 5.74) is 1.08. The Morgan fingerprint density at radius 3 is 2.75 bits per heavy atom. The van der Waals surface area contributed by atoms with Crippen molar-refractivity contribution in [3.05, 3.63) is 33.3 Å². The van der Waals surface area contributed by atoms with Crippen molar-refractivity contribution in [2.45, 2.75) is 31.3 Å². The molecule has 0 aromatic heterocycles. The Kier molecular flexibility index (Phi) is 3.90. The zero-order valence-corrected chi connectivity index (χ0v) is 11.3. The zero-order chi connectivity index (χ0) is 11.6. The fourth-order valence-electron chi connectivity index (χ4n) is 1.96. The summed E-state index contributed by atoms with van der Waals surface area (Å²) >= 11 is 9.45. The predicted octanol–water partition coefficient (Wildman–Crippen LogP) is 3.11. The van der Waals surface area contributed by atoms with Crippen LogP contribution in [0.3, 0.4) is 0 Å². The number of halogens is 2. The smallest absolute Gasteiger partial charge is 0.0613 e. The van der Waals surface area contributed by atoms with Crippen LogP contribution in [0.5, 0.6) is 0 Å². The van der Waals surface area contributed by atoms with E-state index in [1.165, 1.54) is 6.42 Å². The first-order chi connectivity index (χ1) is 7.65. The molecular weight excluding hydrogens is 289 g/mol. The summed E-state index contributed by atoms with van der Waals surface area (Å²) in [7, 11) is 0. The van der Waals surface area contributed by atoms with Crippen LogP contribution >= 0.6 is 27.5 Å². The number of hydrogen-bond donors (Lipinski definition) is 2. The molecule has 2 N–H and O–H groups in total. The van der Waals surface area contributed by atoms with E-state index < -0.39 is 0 Å². The molecule has 1 aromatic carbocycles. The highest BCUT2D eigenvalue weighted by atomic mass is 79.9. The number of rotatable bonds is 4. The van der Waals surface area contributed by atoms with Gasteiger partial charge in [0.05, 0.1) is 6.61 Å². The summed E-state index contributed by atoms with van der Waals surface area (Å²) in [4.78, 5) is 0. The monoisotopic (exact) mass is 303 g/mol. The average Bonchev–Trinajstić information content (AvgIpc) is 2.22. The minimum absolute atomic E-state index is 0.0538. The van der Waals surface area contributed by atoms with Gasteiger partial charge in [0.2, 0.25) is 0 Å². The number of nitrogens with one attached hydrogen (secondary N) is 1. The summed E-state index contributed by atoms with van der Waals surface area (Å²) in [6, 6.07) is 5.76. The van der Waals surface area contributed by atoms with Gasteiger partial charge in [0.15, 0.2) is 0 Å². The van der Waals surface area contributed by atoms with Crippen molar-refractivity contribution < 1.29 is 5.11 Å². The Morgan fingerprint density at radius 1 is 1.44 bits per heavy atom. The van der Waals surface area contributed by atoms with E-state index in [0.717, 1.165) is 34.4 Å². The SMILES string of the molecule is OCC1(NCc2cc(Cl)ccc2Br)CCC1. The Balaban J connectivity index is 2.01. The highest BCUT2D eigenvalue weighted by Crippen LogP contribution is 2.32.